The van der Waals surface area contributed by atoms with Crippen LogP contribution in [0.3, 0.4) is 0 Å². The summed E-state index contributed by atoms with van der Waals surface area (Å²) in [6, 6.07) is 1.92. The van der Waals surface area contributed by atoms with E-state index in [-0.39, 0.29) is 11.3 Å². The van der Waals surface area contributed by atoms with Crippen molar-refractivity contribution in [1.82, 2.24) is 5.32 Å². The molecule has 0 fully saturated rings. The Morgan fingerprint density at radius 1 is 1.50 bits per heavy atom. The number of hydrogen-bond donors (Lipinski definition) is 1. The van der Waals surface area contributed by atoms with E-state index in [0.29, 0.717) is 5.70 Å². The van der Waals surface area contributed by atoms with E-state index in [1.807, 2.05) is 26.8 Å². The highest BCUT2D eigenvalue weighted by Crippen LogP contribution is 2.02. The minimum absolute atomic E-state index is 0.122. The topological polar surface area (TPSA) is 52.9 Å². The van der Waals surface area contributed by atoms with Gasteiger partial charge < -0.3 is 5.32 Å². The number of hydrogen-bond acceptors (Lipinski definition) is 3. The lowest BCUT2D eigenvalue weighted by molar-refractivity contribution is -0.112. The van der Waals surface area contributed by atoms with E-state index in [2.05, 4.69) is 5.32 Å². The summed E-state index contributed by atoms with van der Waals surface area (Å²) in [6.07, 6.45) is 1.30. The molecule has 0 aromatic heterocycles. The Kier molecular flexibility index (Phi) is 3.49. The van der Waals surface area contributed by atoms with E-state index in [0.717, 1.165) is 0 Å². The Hall–Kier alpha value is -1.30. The van der Waals surface area contributed by atoms with Crippen LogP contribution in [0.2, 0.25) is 0 Å². The predicted molar refractivity (Wildman–Crippen MR) is 47.3 cm³/mol. The van der Waals surface area contributed by atoms with E-state index >= 15 is 0 Å². The lowest BCUT2D eigenvalue weighted by atomic mass is 10.1. The quantitative estimate of drug-likeness (QED) is 0.498. The first-order valence-electron chi connectivity index (χ1n) is 3.76. The molecule has 1 N–H and O–H groups in total. The molecule has 0 bridgehead atoms. The second-order valence-electron chi connectivity index (χ2n) is 3.66. The molecule has 0 radical (unpaired) electrons. The van der Waals surface area contributed by atoms with Crippen LogP contribution in [0.15, 0.2) is 11.8 Å². The van der Waals surface area contributed by atoms with Crippen LogP contribution in [-0.2, 0) is 4.79 Å². The molecule has 0 unspecified atom stereocenters. The second-order valence-corrected chi connectivity index (χ2v) is 3.66. The maximum Gasteiger partial charge on any atom is 0.155 e. The summed E-state index contributed by atoms with van der Waals surface area (Å²) in [5.41, 5.74) is 0.131. The van der Waals surface area contributed by atoms with Crippen LogP contribution in [0.5, 0.6) is 0 Å². The summed E-state index contributed by atoms with van der Waals surface area (Å²) in [5.74, 6) is -0.122. The summed E-state index contributed by atoms with van der Waals surface area (Å²) in [7, 11) is 0. The van der Waals surface area contributed by atoms with Gasteiger partial charge in [0.05, 0.1) is 0 Å². The summed E-state index contributed by atoms with van der Waals surface area (Å²) in [5, 5.41) is 11.5. The number of allylic oxidation sites excluding steroid dienone is 2. The normalized spacial score (nSPS) is 12.1. The van der Waals surface area contributed by atoms with Crippen molar-refractivity contribution in [3.05, 3.63) is 11.8 Å². The number of ketones is 1. The van der Waals surface area contributed by atoms with Gasteiger partial charge in [0, 0.05) is 11.6 Å². The van der Waals surface area contributed by atoms with Gasteiger partial charge in [0.15, 0.2) is 5.78 Å². The Morgan fingerprint density at radius 2 is 2.00 bits per heavy atom. The SMILES string of the molecule is CC(=O)/C=C(\C#N)NC(C)(C)C. The molecule has 0 rings (SSSR count). The molecule has 0 aromatic carbocycles. The van der Waals surface area contributed by atoms with Gasteiger partial charge in [-0.2, -0.15) is 5.26 Å². The molecule has 0 saturated carbocycles. The average Bonchev–Trinajstić information content (AvgIpc) is 1.82. The van der Waals surface area contributed by atoms with Crippen molar-refractivity contribution >= 4 is 5.78 Å². The number of nitriles is 1. The Bertz CT molecular complexity index is 240. The fourth-order valence-electron chi connectivity index (χ4n) is 0.704. The van der Waals surface area contributed by atoms with Gasteiger partial charge in [-0.1, -0.05) is 0 Å². The third-order valence-electron chi connectivity index (χ3n) is 0.978. The molecule has 12 heavy (non-hydrogen) atoms. The van der Waals surface area contributed by atoms with Crippen molar-refractivity contribution in [3.63, 3.8) is 0 Å². The number of carbonyl (C=O) groups is 1. The van der Waals surface area contributed by atoms with E-state index in [1.165, 1.54) is 13.0 Å². The summed E-state index contributed by atoms with van der Waals surface area (Å²) < 4.78 is 0. The van der Waals surface area contributed by atoms with Crippen LogP contribution >= 0.6 is 0 Å². The first-order chi connectivity index (χ1) is 5.35. The highest BCUT2D eigenvalue weighted by Gasteiger charge is 2.10. The number of nitrogens with one attached hydrogen (secondary N) is 1. The zero-order valence-electron chi connectivity index (χ0n) is 7.93. The van der Waals surface area contributed by atoms with E-state index in [9.17, 15) is 4.79 Å². The van der Waals surface area contributed by atoms with Crippen LogP contribution in [0.1, 0.15) is 27.7 Å². The molecule has 3 nitrogen and oxygen atoms in total. The van der Waals surface area contributed by atoms with Gasteiger partial charge in [0.25, 0.3) is 0 Å². The third-order valence-corrected chi connectivity index (χ3v) is 0.978. The van der Waals surface area contributed by atoms with Gasteiger partial charge in [-0.05, 0) is 27.7 Å². The molecule has 66 valence electrons. The molecule has 0 amide bonds. The highest BCUT2D eigenvalue weighted by molar-refractivity contribution is 5.88. The zero-order chi connectivity index (χ0) is 9.78. The van der Waals surface area contributed by atoms with Crippen molar-refractivity contribution in [2.45, 2.75) is 33.2 Å². The number of nitrogens with zero attached hydrogens (tertiary/aromatic N) is 1. The molecular formula is C9H14N2O. The lowest BCUT2D eigenvalue weighted by Crippen LogP contribution is -2.34. The van der Waals surface area contributed by atoms with Crippen LogP contribution in [0.4, 0.5) is 0 Å². The van der Waals surface area contributed by atoms with Crippen molar-refractivity contribution in [2.24, 2.45) is 0 Å². The van der Waals surface area contributed by atoms with Crippen molar-refractivity contribution < 1.29 is 4.79 Å². The molecule has 0 aliphatic heterocycles. The summed E-state index contributed by atoms with van der Waals surface area (Å²) in [4.78, 5) is 10.6. The van der Waals surface area contributed by atoms with Crippen molar-refractivity contribution in [1.29, 1.82) is 5.26 Å². The van der Waals surface area contributed by atoms with Gasteiger partial charge >= 0.3 is 0 Å². The van der Waals surface area contributed by atoms with Gasteiger partial charge in [-0.15, -0.1) is 0 Å². The Balaban J connectivity index is 4.42. The van der Waals surface area contributed by atoms with Gasteiger partial charge in [0.2, 0.25) is 0 Å². The Labute approximate surface area is 73.1 Å². The molecule has 0 heterocycles. The minimum atomic E-state index is -0.184. The predicted octanol–water partition coefficient (Wildman–Crippen LogP) is 1.37. The Morgan fingerprint density at radius 3 is 2.25 bits per heavy atom. The fourth-order valence-corrected chi connectivity index (χ4v) is 0.704. The molecule has 0 spiro atoms. The van der Waals surface area contributed by atoms with E-state index in [1.54, 1.807) is 0 Å². The average molecular weight is 166 g/mol. The van der Waals surface area contributed by atoms with Gasteiger partial charge in [-0.25, -0.2) is 0 Å². The summed E-state index contributed by atoms with van der Waals surface area (Å²) >= 11 is 0. The smallest absolute Gasteiger partial charge is 0.155 e. The molecule has 0 aromatic rings. The number of carbonyl (C=O) groups excluding carboxylic acids is 1. The third kappa shape index (κ3) is 5.48. The van der Waals surface area contributed by atoms with Crippen LogP contribution in [-0.4, -0.2) is 11.3 Å². The van der Waals surface area contributed by atoms with Crippen molar-refractivity contribution in [2.75, 3.05) is 0 Å². The molecular weight excluding hydrogens is 152 g/mol. The van der Waals surface area contributed by atoms with E-state index in [4.69, 9.17) is 5.26 Å². The standard InChI is InChI=1S/C9H14N2O/c1-7(12)5-8(6-10)11-9(2,3)4/h5,11H,1-4H3/b8-5+. The summed E-state index contributed by atoms with van der Waals surface area (Å²) in [6.45, 7) is 7.20. The van der Waals surface area contributed by atoms with Crippen LogP contribution < -0.4 is 5.32 Å². The zero-order valence-corrected chi connectivity index (χ0v) is 7.93. The first-order valence-corrected chi connectivity index (χ1v) is 3.76. The molecule has 0 atom stereocenters. The molecule has 0 saturated heterocycles. The van der Waals surface area contributed by atoms with Gasteiger partial charge in [0.1, 0.15) is 11.8 Å². The second kappa shape index (κ2) is 3.91. The van der Waals surface area contributed by atoms with E-state index < -0.39 is 0 Å². The lowest BCUT2D eigenvalue weighted by Gasteiger charge is -2.20. The molecule has 3 heteroatoms. The first kappa shape index (κ1) is 10.7. The van der Waals surface area contributed by atoms with Crippen LogP contribution in [0, 0.1) is 11.3 Å². The largest absolute Gasteiger partial charge is 0.372 e. The van der Waals surface area contributed by atoms with Crippen LogP contribution in [0.25, 0.3) is 0 Å². The maximum atomic E-state index is 10.6. The molecule has 0 aliphatic rings. The van der Waals surface area contributed by atoms with Gasteiger partial charge in [-0.3, -0.25) is 4.79 Å². The molecule has 0 aliphatic carbocycles. The van der Waals surface area contributed by atoms with Crippen molar-refractivity contribution in [3.8, 4) is 6.07 Å². The fraction of sp³-hybridized carbons (Fsp3) is 0.556. The minimum Gasteiger partial charge on any atom is -0.372 e. The number of rotatable bonds is 2. The maximum absolute atomic E-state index is 10.6. The highest BCUT2D eigenvalue weighted by atomic mass is 16.1. The monoisotopic (exact) mass is 166 g/mol.